The van der Waals surface area contributed by atoms with E-state index in [-0.39, 0.29) is 11.8 Å². The van der Waals surface area contributed by atoms with Crippen LogP contribution in [-0.4, -0.2) is 10.9 Å². The number of benzene rings is 3. The molecule has 0 amide bonds. The van der Waals surface area contributed by atoms with Gasteiger partial charge in [-0.3, -0.25) is 4.79 Å². The third-order valence-corrected chi connectivity index (χ3v) is 5.49. The standard InChI is InChI=1S/C26H24N2O2S/c1-17-11-13-19(14-12-17)16-30-22-10-6-9-21(15-22)24-23(18(2)27-26(31)28-24)25(29)20-7-4-3-5-8-20/h3-15,24H,16H2,1-2H3,(H2,27,28,31). The molecule has 3 aromatic rings. The van der Waals surface area contributed by atoms with Crippen LogP contribution in [0.2, 0.25) is 0 Å². The van der Waals surface area contributed by atoms with Crippen molar-refractivity contribution in [3.63, 3.8) is 0 Å². The molecular weight excluding hydrogens is 404 g/mol. The van der Waals surface area contributed by atoms with Crippen LogP contribution < -0.4 is 15.4 Å². The van der Waals surface area contributed by atoms with E-state index in [1.165, 1.54) is 5.56 Å². The zero-order valence-corrected chi connectivity index (χ0v) is 18.3. The summed E-state index contributed by atoms with van der Waals surface area (Å²) in [6.07, 6.45) is 0. The van der Waals surface area contributed by atoms with Gasteiger partial charge in [-0.2, -0.15) is 0 Å². The van der Waals surface area contributed by atoms with Crippen LogP contribution in [0, 0.1) is 6.92 Å². The van der Waals surface area contributed by atoms with E-state index in [0.29, 0.717) is 22.9 Å². The third-order valence-electron chi connectivity index (χ3n) is 5.27. The molecular formula is C26H24N2O2S. The summed E-state index contributed by atoms with van der Waals surface area (Å²) in [5.41, 5.74) is 5.29. The Bertz CT molecular complexity index is 1140. The monoisotopic (exact) mass is 428 g/mol. The number of carbonyl (C=O) groups is 1. The van der Waals surface area contributed by atoms with Crippen LogP contribution in [0.25, 0.3) is 0 Å². The molecule has 31 heavy (non-hydrogen) atoms. The zero-order chi connectivity index (χ0) is 21.8. The number of hydrogen-bond donors (Lipinski definition) is 2. The van der Waals surface area contributed by atoms with Gasteiger partial charge in [0.15, 0.2) is 10.9 Å². The van der Waals surface area contributed by atoms with E-state index in [0.717, 1.165) is 22.6 Å². The molecule has 1 aliphatic rings. The Hall–Kier alpha value is -3.44. The van der Waals surface area contributed by atoms with Crippen molar-refractivity contribution in [2.45, 2.75) is 26.5 Å². The molecule has 0 bridgehead atoms. The van der Waals surface area contributed by atoms with Gasteiger partial charge in [0.05, 0.1) is 6.04 Å². The fourth-order valence-electron chi connectivity index (χ4n) is 3.62. The first-order valence-corrected chi connectivity index (χ1v) is 10.6. The van der Waals surface area contributed by atoms with Crippen LogP contribution in [-0.2, 0) is 6.61 Å². The van der Waals surface area contributed by atoms with Crippen LogP contribution in [0.1, 0.15) is 40.0 Å². The van der Waals surface area contributed by atoms with E-state index in [1.807, 2.05) is 61.5 Å². The second-order valence-corrected chi connectivity index (χ2v) is 8.02. The average molecular weight is 429 g/mol. The lowest BCUT2D eigenvalue weighted by Gasteiger charge is -2.30. The first-order valence-electron chi connectivity index (χ1n) is 10.2. The van der Waals surface area contributed by atoms with Gasteiger partial charge in [-0.25, -0.2) is 0 Å². The minimum atomic E-state index is -0.357. The number of aryl methyl sites for hydroxylation is 1. The molecule has 4 rings (SSSR count). The Morgan fingerprint density at radius 1 is 0.968 bits per heavy atom. The van der Waals surface area contributed by atoms with Gasteiger partial charge >= 0.3 is 0 Å². The first kappa shape index (κ1) is 20.8. The minimum Gasteiger partial charge on any atom is -0.489 e. The smallest absolute Gasteiger partial charge is 0.193 e. The number of ether oxygens (including phenoxy) is 1. The second-order valence-electron chi connectivity index (χ2n) is 7.61. The summed E-state index contributed by atoms with van der Waals surface area (Å²) < 4.78 is 6.02. The quantitative estimate of drug-likeness (QED) is 0.415. The van der Waals surface area contributed by atoms with E-state index in [4.69, 9.17) is 17.0 Å². The minimum absolute atomic E-state index is 0.0309. The lowest BCUT2D eigenvalue weighted by molar-refractivity contribution is 0.102. The van der Waals surface area contributed by atoms with Crippen molar-refractivity contribution in [2.24, 2.45) is 0 Å². The van der Waals surface area contributed by atoms with Crippen LogP contribution in [0.4, 0.5) is 0 Å². The molecule has 1 heterocycles. The molecule has 1 atom stereocenters. The van der Waals surface area contributed by atoms with Gasteiger partial charge in [-0.15, -0.1) is 0 Å². The number of hydrogen-bond acceptors (Lipinski definition) is 3. The maximum atomic E-state index is 13.3. The lowest BCUT2D eigenvalue weighted by atomic mass is 9.89. The highest BCUT2D eigenvalue weighted by Crippen LogP contribution is 2.31. The molecule has 3 aromatic carbocycles. The number of thiocarbonyl (C=S) groups is 1. The number of allylic oxidation sites excluding steroid dienone is 1. The van der Waals surface area contributed by atoms with Crippen LogP contribution in [0.3, 0.4) is 0 Å². The van der Waals surface area contributed by atoms with Crippen molar-refractivity contribution in [1.82, 2.24) is 10.6 Å². The summed E-state index contributed by atoms with van der Waals surface area (Å²) in [4.78, 5) is 13.3. The maximum absolute atomic E-state index is 13.3. The van der Waals surface area contributed by atoms with E-state index in [2.05, 4.69) is 41.8 Å². The molecule has 4 nitrogen and oxygen atoms in total. The van der Waals surface area contributed by atoms with Gasteiger partial charge in [0.1, 0.15) is 12.4 Å². The van der Waals surface area contributed by atoms with Gasteiger partial charge in [-0.05, 0) is 49.3 Å². The van der Waals surface area contributed by atoms with Crippen LogP contribution in [0.15, 0.2) is 90.1 Å². The largest absolute Gasteiger partial charge is 0.489 e. The average Bonchev–Trinajstić information content (AvgIpc) is 2.78. The summed E-state index contributed by atoms with van der Waals surface area (Å²) in [7, 11) is 0. The molecule has 1 unspecified atom stereocenters. The van der Waals surface area contributed by atoms with Gasteiger partial charge in [0.25, 0.3) is 0 Å². The highest BCUT2D eigenvalue weighted by molar-refractivity contribution is 7.80. The molecule has 0 fully saturated rings. The molecule has 0 aromatic heterocycles. The van der Waals surface area contributed by atoms with Crippen LogP contribution >= 0.6 is 12.2 Å². The Balaban J connectivity index is 1.61. The summed E-state index contributed by atoms with van der Waals surface area (Å²) in [6, 6.07) is 25.0. The molecule has 1 aliphatic heterocycles. The molecule has 0 spiro atoms. The molecule has 0 saturated carbocycles. The van der Waals surface area contributed by atoms with Gasteiger partial charge < -0.3 is 15.4 Å². The molecule has 156 valence electrons. The number of ketones is 1. The van der Waals surface area contributed by atoms with Crippen LogP contribution in [0.5, 0.6) is 5.75 Å². The number of Topliss-reactive ketones (excluding diaryl/α,β-unsaturated/α-hetero) is 1. The highest BCUT2D eigenvalue weighted by Gasteiger charge is 2.30. The van der Waals surface area contributed by atoms with E-state index < -0.39 is 0 Å². The Kier molecular flexibility index (Phi) is 6.14. The van der Waals surface area contributed by atoms with Gasteiger partial charge in [-0.1, -0.05) is 72.3 Å². The second kappa shape index (κ2) is 9.14. The van der Waals surface area contributed by atoms with Gasteiger partial charge in [0, 0.05) is 16.8 Å². The Morgan fingerprint density at radius 3 is 2.45 bits per heavy atom. The van der Waals surface area contributed by atoms with Crippen molar-refractivity contribution in [3.8, 4) is 5.75 Å². The topological polar surface area (TPSA) is 50.4 Å². The molecule has 0 aliphatic carbocycles. The fourth-order valence-corrected chi connectivity index (χ4v) is 3.90. The molecule has 0 radical (unpaired) electrons. The zero-order valence-electron chi connectivity index (χ0n) is 17.5. The van der Waals surface area contributed by atoms with Crippen molar-refractivity contribution < 1.29 is 9.53 Å². The normalized spacial score (nSPS) is 15.8. The highest BCUT2D eigenvalue weighted by atomic mass is 32.1. The Morgan fingerprint density at radius 2 is 1.71 bits per heavy atom. The molecule has 5 heteroatoms. The first-order chi connectivity index (χ1) is 15.0. The van der Waals surface area contributed by atoms with E-state index in [1.54, 1.807) is 0 Å². The SMILES string of the molecule is CC1=C(C(=O)c2ccccc2)C(c2cccc(OCc3ccc(C)cc3)c2)NC(=S)N1. The van der Waals surface area contributed by atoms with Crippen molar-refractivity contribution >= 4 is 23.1 Å². The van der Waals surface area contributed by atoms with E-state index >= 15 is 0 Å². The number of nitrogens with one attached hydrogen (secondary N) is 2. The van der Waals surface area contributed by atoms with Gasteiger partial charge in [0.2, 0.25) is 0 Å². The fraction of sp³-hybridized carbons (Fsp3) is 0.154. The third kappa shape index (κ3) is 4.84. The summed E-state index contributed by atoms with van der Waals surface area (Å²) in [6.45, 7) is 4.43. The van der Waals surface area contributed by atoms with Crippen molar-refractivity contribution in [3.05, 3.63) is 112 Å². The van der Waals surface area contributed by atoms with Crippen molar-refractivity contribution in [1.29, 1.82) is 0 Å². The summed E-state index contributed by atoms with van der Waals surface area (Å²) in [5.74, 6) is 0.713. The van der Waals surface area contributed by atoms with E-state index in [9.17, 15) is 4.79 Å². The lowest BCUT2D eigenvalue weighted by Crippen LogP contribution is -2.44. The summed E-state index contributed by atoms with van der Waals surface area (Å²) in [5, 5.41) is 6.85. The predicted molar refractivity (Wildman–Crippen MR) is 127 cm³/mol. The molecule has 0 saturated heterocycles. The summed E-state index contributed by atoms with van der Waals surface area (Å²) >= 11 is 5.38. The number of rotatable bonds is 6. The molecule has 2 N–H and O–H groups in total. The maximum Gasteiger partial charge on any atom is 0.193 e. The van der Waals surface area contributed by atoms with Crippen molar-refractivity contribution in [2.75, 3.05) is 0 Å². The number of carbonyl (C=O) groups excluding carboxylic acids is 1. The Labute approximate surface area is 188 Å². The predicted octanol–water partition coefficient (Wildman–Crippen LogP) is 5.25.